The van der Waals surface area contributed by atoms with Crippen molar-refractivity contribution in [2.24, 2.45) is 17.6 Å². The van der Waals surface area contributed by atoms with Crippen LogP contribution in [0.25, 0.3) is 0 Å². The van der Waals surface area contributed by atoms with E-state index < -0.39 is 0 Å². The highest BCUT2D eigenvalue weighted by Crippen LogP contribution is 2.20. The molecule has 0 bridgehead atoms. The number of carbonyl (C=O) groups excluding carboxylic acids is 1. The van der Waals surface area contributed by atoms with Crippen molar-refractivity contribution in [2.75, 3.05) is 6.54 Å². The van der Waals surface area contributed by atoms with Crippen molar-refractivity contribution in [2.45, 2.75) is 39.7 Å². The number of halogens is 2. The highest BCUT2D eigenvalue weighted by molar-refractivity contribution is 9.10. The minimum atomic E-state index is -0.304. The summed E-state index contributed by atoms with van der Waals surface area (Å²) in [5, 5.41) is 2.77. The summed E-state index contributed by atoms with van der Waals surface area (Å²) in [7, 11) is 0. The molecule has 118 valence electrons. The van der Waals surface area contributed by atoms with E-state index >= 15 is 0 Å². The average Bonchev–Trinajstić information content (AvgIpc) is 2.44. The predicted molar refractivity (Wildman–Crippen MR) is 87.2 cm³/mol. The molecule has 1 amide bonds. The molecule has 3 N–H and O–H groups in total. The zero-order chi connectivity index (χ0) is 15.8. The third-order valence-electron chi connectivity index (χ3n) is 3.71. The van der Waals surface area contributed by atoms with Crippen LogP contribution in [-0.4, -0.2) is 12.5 Å². The van der Waals surface area contributed by atoms with Gasteiger partial charge in [-0.3, -0.25) is 4.79 Å². The molecule has 0 aliphatic heterocycles. The van der Waals surface area contributed by atoms with E-state index in [2.05, 4.69) is 35.1 Å². The number of benzene rings is 1. The molecule has 21 heavy (non-hydrogen) atoms. The summed E-state index contributed by atoms with van der Waals surface area (Å²) in [6.07, 6.45) is 2.21. The van der Waals surface area contributed by atoms with Crippen LogP contribution in [0, 0.1) is 17.7 Å². The van der Waals surface area contributed by atoms with Gasteiger partial charge in [-0.25, -0.2) is 4.39 Å². The van der Waals surface area contributed by atoms with Crippen LogP contribution in [-0.2, 0) is 11.3 Å². The van der Waals surface area contributed by atoms with E-state index in [4.69, 9.17) is 5.73 Å². The molecular formula is C16H24BrFN2O. The molecule has 0 aromatic heterocycles. The maximum Gasteiger partial charge on any atom is 0.220 e. The van der Waals surface area contributed by atoms with E-state index in [1.165, 1.54) is 6.07 Å². The van der Waals surface area contributed by atoms with Gasteiger partial charge in [-0.05, 0) is 49.4 Å². The Labute approximate surface area is 134 Å². The van der Waals surface area contributed by atoms with Gasteiger partial charge in [0.1, 0.15) is 5.82 Å². The predicted octanol–water partition coefficient (Wildman–Crippen LogP) is 3.61. The van der Waals surface area contributed by atoms with E-state index in [0.717, 1.165) is 17.3 Å². The Balaban J connectivity index is 2.42. The third-order valence-corrected chi connectivity index (χ3v) is 4.20. The number of amides is 1. The van der Waals surface area contributed by atoms with Crippen molar-refractivity contribution in [3.8, 4) is 0 Å². The molecule has 1 unspecified atom stereocenters. The van der Waals surface area contributed by atoms with Gasteiger partial charge >= 0.3 is 0 Å². The molecule has 0 fully saturated rings. The second kappa shape index (κ2) is 9.15. The van der Waals surface area contributed by atoms with Gasteiger partial charge in [-0.2, -0.15) is 0 Å². The van der Waals surface area contributed by atoms with E-state index in [-0.39, 0.29) is 18.3 Å². The number of carbonyl (C=O) groups is 1. The van der Waals surface area contributed by atoms with Gasteiger partial charge in [-0.15, -0.1) is 0 Å². The molecule has 0 aliphatic rings. The Morgan fingerprint density at radius 1 is 1.38 bits per heavy atom. The second-order valence-corrected chi connectivity index (χ2v) is 6.55. The van der Waals surface area contributed by atoms with Crippen LogP contribution in [0.2, 0.25) is 0 Å². The van der Waals surface area contributed by atoms with E-state index in [9.17, 15) is 9.18 Å². The van der Waals surface area contributed by atoms with Gasteiger partial charge in [0.25, 0.3) is 0 Å². The molecule has 1 atom stereocenters. The van der Waals surface area contributed by atoms with Gasteiger partial charge in [0.05, 0.1) is 0 Å². The summed E-state index contributed by atoms with van der Waals surface area (Å²) >= 11 is 3.30. The molecule has 0 saturated heterocycles. The van der Waals surface area contributed by atoms with Crippen molar-refractivity contribution < 1.29 is 9.18 Å². The van der Waals surface area contributed by atoms with Crippen LogP contribution >= 0.6 is 15.9 Å². The van der Waals surface area contributed by atoms with E-state index in [0.29, 0.717) is 30.4 Å². The summed E-state index contributed by atoms with van der Waals surface area (Å²) in [5.74, 6) is 0.631. The van der Waals surface area contributed by atoms with Gasteiger partial charge in [-0.1, -0.05) is 29.8 Å². The lowest BCUT2D eigenvalue weighted by Crippen LogP contribution is -2.25. The Hall–Kier alpha value is -0.940. The number of rotatable bonds is 8. The van der Waals surface area contributed by atoms with Crippen LogP contribution in [0.3, 0.4) is 0 Å². The third kappa shape index (κ3) is 6.57. The van der Waals surface area contributed by atoms with Gasteiger partial charge < -0.3 is 11.1 Å². The highest BCUT2D eigenvalue weighted by atomic mass is 79.9. The van der Waals surface area contributed by atoms with E-state index in [1.54, 1.807) is 12.1 Å². The summed E-state index contributed by atoms with van der Waals surface area (Å²) in [6.45, 7) is 5.16. The first-order chi connectivity index (χ1) is 9.93. The number of nitrogens with two attached hydrogens (primary N) is 1. The Kier molecular flexibility index (Phi) is 7.89. The second-order valence-electron chi connectivity index (χ2n) is 5.63. The Morgan fingerprint density at radius 3 is 2.71 bits per heavy atom. The lowest BCUT2D eigenvalue weighted by Gasteiger charge is -2.19. The molecule has 0 aliphatic carbocycles. The zero-order valence-corrected chi connectivity index (χ0v) is 14.2. The van der Waals surface area contributed by atoms with Crippen molar-refractivity contribution in [3.05, 3.63) is 34.1 Å². The Bertz CT molecular complexity index is 466. The number of hydrogen-bond donors (Lipinski definition) is 2. The monoisotopic (exact) mass is 358 g/mol. The van der Waals surface area contributed by atoms with Crippen LogP contribution in [0.1, 0.15) is 38.7 Å². The average molecular weight is 359 g/mol. The van der Waals surface area contributed by atoms with Crippen LogP contribution in [0.5, 0.6) is 0 Å². The van der Waals surface area contributed by atoms with Crippen molar-refractivity contribution in [3.63, 3.8) is 0 Å². The summed E-state index contributed by atoms with van der Waals surface area (Å²) in [6, 6.07) is 4.71. The summed E-state index contributed by atoms with van der Waals surface area (Å²) < 4.78 is 14.4. The lowest BCUT2D eigenvalue weighted by atomic mass is 9.88. The summed E-state index contributed by atoms with van der Waals surface area (Å²) in [4.78, 5) is 11.9. The highest BCUT2D eigenvalue weighted by Gasteiger charge is 2.14. The maximum atomic E-state index is 13.6. The van der Waals surface area contributed by atoms with Gasteiger partial charge in [0, 0.05) is 23.0 Å². The molecular weight excluding hydrogens is 335 g/mol. The topological polar surface area (TPSA) is 55.1 Å². The molecule has 3 nitrogen and oxygen atoms in total. The largest absolute Gasteiger partial charge is 0.352 e. The first kappa shape index (κ1) is 18.1. The molecule has 0 saturated carbocycles. The fraction of sp³-hybridized carbons (Fsp3) is 0.562. The van der Waals surface area contributed by atoms with Crippen molar-refractivity contribution in [1.29, 1.82) is 0 Å². The minimum absolute atomic E-state index is 0.0444. The first-order valence-corrected chi connectivity index (χ1v) is 8.14. The number of nitrogens with one attached hydrogen (secondary N) is 1. The SMILES string of the molecule is CC(C)C(CCN)CCC(=O)NCc1cc(Br)ccc1F. The van der Waals surface area contributed by atoms with Crippen molar-refractivity contribution in [1.82, 2.24) is 5.32 Å². The number of hydrogen-bond acceptors (Lipinski definition) is 2. The smallest absolute Gasteiger partial charge is 0.220 e. The molecule has 1 rings (SSSR count). The van der Waals surface area contributed by atoms with Crippen molar-refractivity contribution >= 4 is 21.8 Å². The van der Waals surface area contributed by atoms with Gasteiger partial charge in [0.2, 0.25) is 5.91 Å². The fourth-order valence-corrected chi connectivity index (χ4v) is 2.71. The first-order valence-electron chi connectivity index (χ1n) is 7.34. The molecule has 1 aromatic carbocycles. The zero-order valence-electron chi connectivity index (χ0n) is 12.7. The van der Waals surface area contributed by atoms with Crippen LogP contribution < -0.4 is 11.1 Å². The summed E-state index contributed by atoms with van der Waals surface area (Å²) in [5.41, 5.74) is 6.08. The van der Waals surface area contributed by atoms with E-state index in [1.807, 2.05) is 0 Å². The molecule has 0 radical (unpaired) electrons. The van der Waals surface area contributed by atoms with Crippen LogP contribution in [0.4, 0.5) is 4.39 Å². The minimum Gasteiger partial charge on any atom is -0.352 e. The quantitative estimate of drug-likeness (QED) is 0.745. The normalized spacial score (nSPS) is 12.5. The van der Waals surface area contributed by atoms with Gasteiger partial charge in [0.15, 0.2) is 0 Å². The fourth-order valence-electron chi connectivity index (χ4n) is 2.30. The molecule has 5 heteroatoms. The maximum absolute atomic E-state index is 13.6. The Morgan fingerprint density at radius 2 is 2.10 bits per heavy atom. The standard InChI is InChI=1S/C16H24BrFN2O/c1-11(2)12(7-8-19)3-6-16(21)20-10-13-9-14(17)4-5-15(13)18/h4-5,9,11-12H,3,6-8,10,19H2,1-2H3,(H,20,21). The molecule has 1 aromatic rings. The van der Waals surface area contributed by atoms with Crippen LogP contribution in [0.15, 0.2) is 22.7 Å². The molecule has 0 spiro atoms. The molecule has 0 heterocycles. The lowest BCUT2D eigenvalue weighted by molar-refractivity contribution is -0.121.